The molecule has 1 aliphatic rings. The van der Waals surface area contributed by atoms with E-state index in [-0.39, 0.29) is 4.90 Å². The van der Waals surface area contributed by atoms with Gasteiger partial charge in [-0.1, -0.05) is 13.8 Å². The van der Waals surface area contributed by atoms with Crippen LogP contribution in [-0.2, 0) is 9.59 Å². The molecule has 0 saturated carbocycles. The Labute approximate surface area is 117 Å². The smallest absolute Gasteiger partial charge is 0.277 e. The lowest BCUT2D eigenvalue weighted by Gasteiger charge is -2.32. The Balaban J connectivity index is 2.55. The average molecular weight is 300 g/mol. The molecule has 1 atom stereocenters. The molecule has 0 bridgehead atoms. The molecular weight excluding hydrogens is 289 g/mol. The van der Waals surface area contributed by atoms with Gasteiger partial charge in [0.1, 0.15) is 17.4 Å². The molecule has 8 heteroatoms. The van der Waals surface area contributed by atoms with E-state index in [1.807, 2.05) is 5.32 Å². The van der Waals surface area contributed by atoms with E-state index in [1.165, 1.54) is 0 Å². The molecule has 112 valence electrons. The van der Waals surface area contributed by atoms with Gasteiger partial charge in [0.15, 0.2) is 11.6 Å². The topological polar surface area (TPSA) is 66.5 Å². The van der Waals surface area contributed by atoms with Crippen molar-refractivity contribution in [2.24, 2.45) is 11.8 Å². The molecule has 0 radical (unpaired) electrons. The van der Waals surface area contributed by atoms with E-state index in [0.29, 0.717) is 12.1 Å². The van der Waals surface area contributed by atoms with Crippen molar-refractivity contribution in [2.45, 2.75) is 13.8 Å². The number of carbonyl (C=O) groups is 3. The number of anilines is 1. The molecular formula is C13H11F3N2O3. The standard InChI is InChI=1S/C13H11F3N2O3/c1-5(2)9-11(19)17-13(21)18(12(9)20)10-7(15)3-6(14)4-8(10)16/h3-5,9H,1-2H3,(H,17,19,21). The SMILES string of the molecule is CC(C)C1C(=O)NC(=O)N(c2c(F)cc(F)cc2F)C1=O. The van der Waals surface area contributed by atoms with Crippen LogP contribution in [0.5, 0.6) is 0 Å². The largest absolute Gasteiger partial charge is 0.335 e. The third-order valence-electron chi connectivity index (χ3n) is 3.07. The zero-order valence-corrected chi connectivity index (χ0v) is 11.1. The van der Waals surface area contributed by atoms with E-state index in [9.17, 15) is 27.6 Å². The van der Waals surface area contributed by atoms with Gasteiger partial charge >= 0.3 is 6.03 Å². The molecule has 1 saturated heterocycles. The number of urea groups is 1. The summed E-state index contributed by atoms with van der Waals surface area (Å²) < 4.78 is 40.4. The normalized spacial score (nSPS) is 19.2. The summed E-state index contributed by atoms with van der Waals surface area (Å²) >= 11 is 0. The fourth-order valence-corrected chi connectivity index (χ4v) is 2.14. The summed E-state index contributed by atoms with van der Waals surface area (Å²) in [7, 11) is 0. The Bertz CT molecular complexity index is 623. The first-order valence-corrected chi connectivity index (χ1v) is 6.07. The second-order valence-electron chi connectivity index (χ2n) is 4.91. The lowest BCUT2D eigenvalue weighted by molar-refractivity contribution is -0.136. The van der Waals surface area contributed by atoms with Crippen molar-refractivity contribution in [3.05, 3.63) is 29.6 Å². The maximum atomic E-state index is 13.7. The van der Waals surface area contributed by atoms with Crippen LogP contribution in [0.4, 0.5) is 23.7 Å². The highest BCUT2D eigenvalue weighted by molar-refractivity contribution is 6.27. The van der Waals surface area contributed by atoms with Crippen LogP contribution in [0.2, 0.25) is 0 Å². The number of nitrogens with one attached hydrogen (secondary N) is 1. The minimum Gasteiger partial charge on any atom is -0.277 e. The van der Waals surface area contributed by atoms with Gasteiger partial charge in [0.2, 0.25) is 11.8 Å². The maximum absolute atomic E-state index is 13.7. The average Bonchev–Trinajstić information content (AvgIpc) is 2.30. The highest BCUT2D eigenvalue weighted by Gasteiger charge is 2.44. The van der Waals surface area contributed by atoms with E-state index in [0.717, 1.165) is 0 Å². The number of rotatable bonds is 2. The van der Waals surface area contributed by atoms with Crippen LogP contribution in [0.15, 0.2) is 12.1 Å². The second kappa shape index (κ2) is 5.19. The van der Waals surface area contributed by atoms with Crippen LogP contribution in [0.25, 0.3) is 0 Å². The van der Waals surface area contributed by atoms with Gasteiger partial charge in [-0.2, -0.15) is 0 Å². The van der Waals surface area contributed by atoms with Crippen LogP contribution in [0.3, 0.4) is 0 Å². The number of halogens is 3. The zero-order valence-electron chi connectivity index (χ0n) is 11.1. The van der Waals surface area contributed by atoms with Crippen molar-refractivity contribution in [3.8, 4) is 0 Å². The Morgan fingerprint density at radius 2 is 1.62 bits per heavy atom. The third-order valence-corrected chi connectivity index (χ3v) is 3.07. The molecule has 21 heavy (non-hydrogen) atoms. The minimum atomic E-state index is -1.41. The molecule has 0 spiro atoms. The van der Waals surface area contributed by atoms with Gasteiger partial charge in [0.05, 0.1) is 0 Å². The summed E-state index contributed by atoms with van der Waals surface area (Å²) in [5.41, 5.74) is -1.00. The van der Waals surface area contributed by atoms with Crippen molar-refractivity contribution in [2.75, 3.05) is 4.90 Å². The predicted molar refractivity (Wildman–Crippen MR) is 65.7 cm³/mol. The van der Waals surface area contributed by atoms with Gasteiger partial charge in [0, 0.05) is 12.1 Å². The summed E-state index contributed by atoms with van der Waals surface area (Å²) in [5.74, 6) is -7.63. The summed E-state index contributed by atoms with van der Waals surface area (Å²) in [5, 5.41) is 1.86. The Morgan fingerprint density at radius 1 is 1.10 bits per heavy atom. The number of hydrogen-bond donors (Lipinski definition) is 1. The van der Waals surface area contributed by atoms with E-state index >= 15 is 0 Å². The molecule has 1 aromatic carbocycles. The van der Waals surface area contributed by atoms with Crippen molar-refractivity contribution in [3.63, 3.8) is 0 Å². The van der Waals surface area contributed by atoms with Crippen LogP contribution < -0.4 is 10.2 Å². The summed E-state index contributed by atoms with van der Waals surface area (Å²) in [6, 6.07) is -0.578. The van der Waals surface area contributed by atoms with E-state index in [1.54, 1.807) is 13.8 Å². The molecule has 1 N–H and O–H groups in total. The Morgan fingerprint density at radius 3 is 2.10 bits per heavy atom. The Hall–Kier alpha value is -2.38. The zero-order chi connectivity index (χ0) is 15.9. The lowest BCUT2D eigenvalue weighted by Crippen LogP contribution is -2.59. The molecule has 1 aliphatic heterocycles. The van der Waals surface area contributed by atoms with Gasteiger partial charge in [-0.3, -0.25) is 14.9 Å². The van der Waals surface area contributed by atoms with E-state index < -0.39 is 52.8 Å². The van der Waals surface area contributed by atoms with Crippen molar-refractivity contribution < 1.29 is 27.6 Å². The quantitative estimate of drug-likeness (QED) is 0.849. The van der Waals surface area contributed by atoms with Crippen molar-refractivity contribution in [1.29, 1.82) is 0 Å². The van der Waals surface area contributed by atoms with E-state index in [4.69, 9.17) is 0 Å². The fraction of sp³-hybridized carbons (Fsp3) is 0.308. The first-order chi connectivity index (χ1) is 9.73. The third kappa shape index (κ3) is 2.48. The van der Waals surface area contributed by atoms with Crippen molar-refractivity contribution >= 4 is 23.5 Å². The van der Waals surface area contributed by atoms with Gasteiger partial charge < -0.3 is 0 Å². The number of imide groups is 2. The fourth-order valence-electron chi connectivity index (χ4n) is 2.14. The maximum Gasteiger partial charge on any atom is 0.335 e. The molecule has 2 rings (SSSR count). The molecule has 0 aliphatic carbocycles. The molecule has 1 aromatic rings. The number of amides is 4. The number of nitrogens with zero attached hydrogens (tertiary/aromatic N) is 1. The second-order valence-corrected chi connectivity index (χ2v) is 4.91. The summed E-state index contributed by atoms with van der Waals surface area (Å²) in [4.78, 5) is 35.7. The predicted octanol–water partition coefficient (Wildman–Crippen LogP) is 1.96. The van der Waals surface area contributed by atoms with Crippen LogP contribution in [-0.4, -0.2) is 17.8 Å². The molecule has 4 amide bonds. The highest BCUT2D eigenvalue weighted by Crippen LogP contribution is 2.29. The highest BCUT2D eigenvalue weighted by atomic mass is 19.1. The first-order valence-electron chi connectivity index (χ1n) is 6.07. The van der Waals surface area contributed by atoms with Crippen LogP contribution >= 0.6 is 0 Å². The van der Waals surface area contributed by atoms with Crippen molar-refractivity contribution in [1.82, 2.24) is 5.32 Å². The van der Waals surface area contributed by atoms with E-state index in [2.05, 4.69) is 0 Å². The molecule has 1 fully saturated rings. The van der Waals surface area contributed by atoms with Gasteiger partial charge in [-0.05, 0) is 5.92 Å². The molecule has 0 aromatic heterocycles. The van der Waals surface area contributed by atoms with Crippen LogP contribution in [0, 0.1) is 29.3 Å². The minimum absolute atomic E-state index is 0.191. The number of carbonyl (C=O) groups excluding carboxylic acids is 3. The monoisotopic (exact) mass is 300 g/mol. The molecule has 1 unspecified atom stereocenters. The van der Waals surface area contributed by atoms with Crippen LogP contribution in [0.1, 0.15) is 13.8 Å². The number of benzene rings is 1. The summed E-state index contributed by atoms with van der Waals surface area (Å²) in [6.45, 7) is 3.10. The number of barbiturate groups is 1. The first kappa shape index (κ1) is 15.0. The molecule has 5 nitrogen and oxygen atoms in total. The van der Waals surface area contributed by atoms with Gasteiger partial charge in [-0.25, -0.2) is 22.9 Å². The van der Waals surface area contributed by atoms with Gasteiger partial charge in [-0.15, -0.1) is 0 Å². The lowest BCUT2D eigenvalue weighted by atomic mass is 9.92. The molecule has 1 heterocycles. The number of hydrogen-bond acceptors (Lipinski definition) is 3. The Kier molecular flexibility index (Phi) is 3.71. The van der Waals surface area contributed by atoms with Gasteiger partial charge in [0.25, 0.3) is 0 Å². The summed E-state index contributed by atoms with van der Waals surface area (Å²) in [6.07, 6.45) is 0.